The highest BCUT2D eigenvalue weighted by Gasteiger charge is 2.11. The fourth-order valence-corrected chi connectivity index (χ4v) is 3.22. The van der Waals surface area contributed by atoms with Crippen LogP contribution in [0.4, 0.5) is 0 Å². The minimum atomic E-state index is -0.437. The van der Waals surface area contributed by atoms with E-state index in [4.69, 9.17) is 4.74 Å². The van der Waals surface area contributed by atoms with Crippen molar-refractivity contribution in [1.82, 2.24) is 14.6 Å². The summed E-state index contributed by atoms with van der Waals surface area (Å²) >= 11 is 1.38. The van der Waals surface area contributed by atoms with Crippen LogP contribution in [-0.2, 0) is 17.8 Å². The van der Waals surface area contributed by atoms with E-state index in [-0.39, 0.29) is 12.2 Å². The van der Waals surface area contributed by atoms with Gasteiger partial charge in [0, 0.05) is 12.5 Å². The molecule has 3 aromatic rings. The molecule has 6 nitrogen and oxygen atoms in total. The molecule has 124 valence electrons. The largest absolute Gasteiger partial charge is 0.456 e. The van der Waals surface area contributed by atoms with Gasteiger partial charge in [0.05, 0.1) is 11.3 Å². The van der Waals surface area contributed by atoms with Crippen LogP contribution in [0.5, 0.6) is 0 Å². The van der Waals surface area contributed by atoms with Gasteiger partial charge in [0.25, 0.3) is 5.56 Å². The van der Waals surface area contributed by atoms with Crippen LogP contribution in [0.2, 0.25) is 0 Å². The van der Waals surface area contributed by atoms with Crippen LogP contribution in [-0.4, -0.2) is 20.6 Å². The fraction of sp³-hybridized carbons (Fsp3) is 0.294. The molecular formula is C17H17N3O3S. The lowest BCUT2D eigenvalue weighted by Gasteiger charge is -2.04. The Morgan fingerprint density at radius 1 is 1.29 bits per heavy atom. The first-order valence-corrected chi connectivity index (χ1v) is 8.51. The molecule has 1 aromatic carbocycles. The van der Waals surface area contributed by atoms with Gasteiger partial charge in [-0.3, -0.25) is 4.79 Å². The number of rotatable bonds is 5. The molecule has 0 bridgehead atoms. The zero-order chi connectivity index (χ0) is 17.1. The summed E-state index contributed by atoms with van der Waals surface area (Å²) in [6.07, 6.45) is 1.76. The van der Waals surface area contributed by atoms with Crippen LogP contribution in [0.1, 0.15) is 40.0 Å². The average Bonchev–Trinajstić information content (AvgIpc) is 2.97. The summed E-state index contributed by atoms with van der Waals surface area (Å²) in [5.74, 6) is -0.437. The van der Waals surface area contributed by atoms with Crippen LogP contribution < -0.4 is 5.56 Å². The molecule has 0 amide bonds. The molecule has 0 saturated heterocycles. The number of aromatic nitrogens is 3. The number of carbonyl (C=O) groups is 1. The Kier molecular flexibility index (Phi) is 4.71. The van der Waals surface area contributed by atoms with Gasteiger partial charge in [0.2, 0.25) is 4.96 Å². The summed E-state index contributed by atoms with van der Waals surface area (Å²) in [5.41, 5.74) is 1.70. The van der Waals surface area contributed by atoms with E-state index in [1.165, 1.54) is 21.9 Å². The van der Waals surface area contributed by atoms with Crippen molar-refractivity contribution in [3.05, 3.63) is 62.5 Å². The van der Waals surface area contributed by atoms with E-state index in [0.29, 0.717) is 16.2 Å². The SMILES string of the molecule is CCCc1nn2c(=O)cc(COC(=O)c3ccc(C)cc3)nc2s1. The Morgan fingerprint density at radius 2 is 2.04 bits per heavy atom. The smallest absolute Gasteiger partial charge is 0.338 e. The number of benzene rings is 1. The summed E-state index contributed by atoms with van der Waals surface area (Å²) in [6.45, 7) is 3.96. The van der Waals surface area contributed by atoms with Crippen LogP contribution >= 0.6 is 11.3 Å². The minimum Gasteiger partial charge on any atom is -0.456 e. The first-order valence-electron chi connectivity index (χ1n) is 7.69. The number of hydrogen-bond acceptors (Lipinski definition) is 6. The summed E-state index contributed by atoms with van der Waals surface area (Å²) < 4.78 is 6.54. The van der Waals surface area contributed by atoms with Gasteiger partial charge < -0.3 is 4.74 Å². The Bertz CT molecular complexity index is 928. The van der Waals surface area contributed by atoms with E-state index < -0.39 is 5.97 Å². The van der Waals surface area contributed by atoms with E-state index in [9.17, 15) is 9.59 Å². The van der Waals surface area contributed by atoms with Crippen molar-refractivity contribution in [2.24, 2.45) is 0 Å². The first kappa shape index (κ1) is 16.3. The van der Waals surface area contributed by atoms with Crippen molar-refractivity contribution >= 4 is 22.3 Å². The van der Waals surface area contributed by atoms with Crippen molar-refractivity contribution in [1.29, 1.82) is 0 Å². The van der Waals surface area contributed by atoms with Crippen LogP contribution in [0.3, 0.4) is 0 Å². The van der Waals surface area contributed by atoms with Gasteiger partial charge in [-0.15, -0.1) is 0 Å². The van der Waals surface area contributed by atoms with Crippen molar-refractivity contribution < 1.29 is 9.53 Å². The third-order valence-corrected chi connectivity index (χ3v) is 4.41. The van der Waals surface area contributed by atoms with Gasteiger partial charge in [-0.25, -0.2) is 9.78 Å². The Hall–Kier alpha value is -2.54. The second-order valence-corrected chi connectivity index (χ2v) is 6.51. The van der Waals surface area contributed by atoms with Gasteiger partial charge in [0.1, 0.15) is 11.6 Å². The maximum absolute atomic E-state index is 12.1. The zero-order valence-electron chi connectivity index (χ0n) is 13.5. The number of carbonyl (C=O) groups excluding carboxylic acids is 1. The lowest BCUT2D eigenvalue weighted by molar-refractivity contribution is 0.0468. The van der Waals surface area contributed by atoms with Crippen LogP contribution in [0.15, 0.2) is 35.1 Å². The molecule has 0 radical (unpaired) electrons. The highest BCUT2D eigenvalue weighted by Crippen LogP contribution is 2.13. The number of nitrogens with zero attached hydrogens (tertiary/aromatic N) is 3. The van der Waals surface area contributed by atoms with Gasteiger partial charge in [-0.05, 0) is 25.5 Å². The van der Waals surface area contributed by atoms with Gasteiger partial charge in [-0.1, -0.05) is 36.0 Å². The molecule has 0 saturated carbocycles. The van der Waals surface area contributed by atoms with Crippen molar-refractivity contribution in [3.63, 3.8) is 0 Å². The predicted molar refractivity (Wildman–Crippen MR) is 91.4 cm³/mol. The summed E-state index contributed by atoms with van der Waals surface area (Å²) in [7, 11) is 0. The van der Waals surface area contributed by atoms with Gasteiger partial charge in [0.15, 0.2) is 0 Å². The van der Waals surface area contributed by atoms with E-state index in [1.54, 1.807) is 12.1 Å². The third-order valence-electron chi connectivity index (χ3n) is 3.44. The standard InChI is InChI=1S/C17H17N3O3S/c1-3-4-14-19-20-15(21)9-13(18-17(20)24-14)10-23-16(22)12-7-5-11(2)6-8-12/h5-9H,3-4,10H2,1-2H3. The van der Waals surface area contributed by atoms with Crippen molar-refractivity contribution in [2.75, 3.05) is 0 Å². The molecule has 7 heteroatoms. The third kappa shape index (κ3) is 3.51. The molecule has 24 heavy (non-hydrogen) atoms. The number of ether oxygens (including phenoxy) is 1. The van der Waals surface area contributed by atoms with Gasteiger partial charge >= 0.3 is 5.97 Å². The number of fused-ring (bicyclic) bond motifs is 1. The molecule has 0 aliphatic carbocycles. The van der Waals surface area contributed by atoms with Crippen molar-refractivity contribution in [3.8, 4) is 0 Å². The molecule has 0 unspecified atom stereocenters. The number of esters is 1. The monoisotopic (exact) mass is 343 g/mol. The van der Waals surface area contributed by atoms with Crippen LogP contribution in [0, 0.1) is 6.92 Å². The Morgan fingerprint density at radius 3 is 2.75 bits per heavy atom. The Balaban J connectivity index is 1.76. The highest BCUT2D eigenvalue weighted by molar-refractivity contribution is 7.16. The molecule has 0 aliphatic heterocycles. The number of aryl methyl sites for hydroxylation is 2. The lowest BCUT2D eigenvalue weighted by Crippen LogP contribution is -2.16. The quantitative estimate of drug-likeness (QED) is 0.666. The molecule has 0 atom stereocenters. The minimum absolute atomic E-state index is 0.0422. The predicted octanol–water partition coefficient (Wildman–Crippen LogP) is 2.77. The topological polar surface area (TPSA) is 73.6 Å². The molecule has 2 aromatic heterocycles. The number of hydrogen-bond donors (Lipinski definition) is 0. The molecule has 0 spiro atoms. The van der Waals surface area contributed by atoms with E-state index >= 15 is 0 Å². The second kappa shape index (κ2) is 6.92. The van der Waals surface area contributed by atoms with Crippen LogP contribution in [0.25, 0.3) is 4.96 Å². The van der Waals surface area contributed by atoms with E-state index in [0.717, 1.165) is 23.4 Å². The average molecular weight is 343 g/mol. The Labute approximate surface area is 142 Å². The summed E-state index contributed by atoms with van der Waals surface area (Å²) in [4.78, 5) is 29.0. The normalized spacial score (nSPS) is 10.9. The molecule has 3 rings (SSSR count). The maximum atomic E-state index is 12.1. The van der Waals surface area contributed by atoms with Gasteiger partial charge in [-0.2, -0.15) is 9.61 Å². The fourth-order valence-electron chi connectivity index (χ4n) is 2.20. The summed E-state index contributed by atoms with van der Waals surface area (Å²) in [5, 5.41) is 5.12. The van der Waals surface area contributed by atoms with Crippen molar-refractivity contribution in [2.45, 2.75) is 33.3 Å². The molecular weight excluding hydrogens is 326 g/mol. The molecule has 2 heterocycles. The maximum Gasteiger partial charge on any atom is 0.338 e. The molecule has 0 N–H and O–H groups in total. The molecule has 0 fully saturated rings. The molecule has 0 aliphatic rings. The second-order valence-electron chi connectivity index (χ2n) is 5.47. The zero-order valence-corrected chi connectivity index (χ0v) is 14.3. The van der Waals surface area contributed by atoms with E-state index in [2.05, 4.69) is 17.0 Å². The highest BCUT2D eigenvalue weighted by atomic mass is 32.1. The summed E-state index contributed by atoms with van der Waals surface area (Å²) in [6, 6.07) is 8.47. The van der Waals surface area contributed by atoms with E-state index in [1.807, 2.05) is 19.1 Å². The first-order chi connectivity index (χ1) is 11.6. The lowest BCUT2D eigenvalue weighted by atomic mass is 10.1.